The van der Waals surface area contributed by atoms with E-state index in [0.717, 1.165) is 11.1 Å². The molecule has 3 aromatic heterocycles. The van der Waals surface area contributed by atoms with E-state index < -0.39 is 0 Å². The maximum atomic E-state index is 11.6. The number of hydrogen-bond donors (Lipinski definition) is 2. The van der Waals surface area contributed by atoms with Crippen LogP contribution in [0.15, 0.2) is 61.2 Å². The van der Waals surface area contributed by atoms with Gasteiger partial charge in [0, 0.05) is 24.5 Å². The Morgan fingerprint density at radius 1 is 1.04 bits per heavy atom. The van der Waals surface area contributed by atoms with E-state index in [4.69, 9.17) is 0 Å². The summed E-state index contributed by atoms with van der Waals surface area (Å²) in [5.74, 6) is 1.18. The predicted molar refractivity (Wildman–Crippen MR) is 97.6 cm³/mol. The fraction of sp³-hybridized carbons (Fsp3) is 0.0556. The van der Waals surface area contributed by atoms with Crippen molar-refractivity contribution in [2.24, 2.45) is 0 Å². The second kappa shape index (κ2) is 6.60. The number of carbonyl (C=O) groups excluding carboxylic acids is 1. The molecule has 0 saturated heterocycles. The summed E-state index contributed by atoms with van der Waals surface area (Å²) in [6.45, 7) is 0. The third kappa shape index (κ3) is 2.84. The first-order chi connectivity index (χ1) is 12.8. The summed E-state index contributed by atoms with van der Waals surface area (Å²) in [6, 6.07) is 12.7. The van der Waals surface area contributed by atoms with Crippen LogP contribution in [0.1, 0.15) is 10.4 Å². The Labute approximate surface area is 148 Å². The molecule has 3 heterocycles. The molecular weight excluding hydrogens is 330 g/mol. The lowest BCUT2D eigenvalue weighted by atomic mass is 10.2. The Kier molecular flexibility index (Phi) is 3.98. The van der Waals surface area contributed by atoms with Crippen molar-refractivity contribution >= 4 is 28.4 Å². The molecule has 8 heteroatoms. The summed E-state index contributed by atoms with van der Waals surface area (Å²) in [5.41, 5.74) is 2.06. The molecule has 0 atom stereocenters. The van der Waals surface area contributed by atoms with E-state index in [2.05, 4.69) is 30.7 Å². The highest BCUT2D eigenvalue weighted by molar-refractivity contribution is 5.94. The summed E-state index contributed by atoms with van der Waals surface area (Å²) in [4.78, 5) is 24.6. The quantitative estimate of drug-likeness (QED) is 0.589. The SMILES string of the molecule is CNC(=O)c1ccc(Nc2ncnc3c2cnn3-c2ccccn2)cc1. The van der Waals surface area contributed by atoms with Crippen molar-refractivity contribution in [1.82, 2.24) is 30.0 Å². The number of amides is 1. The number of fused-ring (bicyclic) bond motifs is 1. The van der Waals surface area contributed by atoms with Crippen LogP contribution in [0, 0.1) is 0 Å². The highest BCUT2D eigenvalue weighted by atomic mass is 16.1. The van der Waals surface area contributed by atoms with Gasteiger partial charge in [0.15, 0.2) is 11.5 Å². The van der Waals surface area contributed by atoms with Gasteiger partial charge in [0.05, 0.1) is 11.6 Å². The summed E-state index contributed by atoms with van der Waals surface area (Å²) >= 11 is 0. The first kappa shape index (κ1) is 15.7. The lowest BCUT2D eigenvalue weighted by molar-refractivity contribution is 0.0963. The Hall–Kier alpha value is -3.81. The van der Waals surface area contributed by atoms with Crippen LogP contribution in [0.2, 0.25) is 0 Å². The third-order valence-electron chi connectivity index (χ3n) is 3.87. The van der Waals surface area contributed by atoms with Gasteiger partial charge in [-0.3, -0.25) is 4.79 Å². The molecule has 128 valence electrons. The van der Waals surface area contributed by atoms with Gasteiger partial charge in [0.25, 0.3) is 5.91 Å². The number of nitrogens with zero attached hydrogens (tertiary/aromatic N) is 5. The topological polar surface area (TPSA) is 97.6 Å². The fourth-order valence-electron chi connectivity index (χ4n) is 2.58. The van der Waals surface area contributed by atoms with Crippen LogP contribution in [0.25, 0.3) is 16.9 Å². The van der Waals surface area contributed by atoms with Crippen LogP contribution < -0.4 is 10.6 Å². The number of hydrogen-bond acceptors (Lipinski definition) is 6. The van der Waals surface area contributed by atoms with E-state index in [-0.39, 0.29) is 5.91 Å². The van der Waals surface area contributed by atoms with E-state index in [1.54, 1.807) is 36.3 Å². The maximum Gasteiger partial charge on any atom is 0.251 e. The van der Waals surface area contributed by atoms with Crippen molar-refractivity contribution < 1.29 is 4.79 Å². The first-order valence-corrected chi connectivity index (χ1v) is 7.95. The predicted octanol–water partition coefficient (Wildman–Crippen LogP) is 2.31. The van der Waals surface area contributed by atoms with Crippen LogP contribution in [-0.4, -0.2) is 37.7 Å². The molecule has 0 bridgehead atoms. The third-order valence-corrected chi connectivity index (χ3v) is 3.87. The summed E-state index contributed by atoms with van der Waals surface area (Å²) in [5, 5.41) is 11.0. The molecule has 4 aromatic rings. The van der Waals surface area contributed by atoms with Crippen LogP contribution in [-0.2, 0) is 0 Å². The highest BCUT2D eigenvalue weighted by Crippen LogP contribution is 2.24. The molecule has 1 aromatic carbocycles. The lowest BCUT2D eigenvalue weighted by Gasteiger charge is -2.07. The van der Waals surface area contributed by atoms with Gasteiger partial charge in [0.2, 0.25) is 0 Å². The zero-order chi connectivity index (χ0) is 17.9. The minimum absolute atomic E-state index is 0.127. The van der Waals surface area contributed by atoms with E-state index in [1.165, 1.54) is 6.33 Å². The van der Waals surface area contributed by atoms with Crippen molar-refractivity contribution in [2.45, 2.75) is 0 Å². The molecule has 0 aliphatic rings. The van der Waals surface area contributed by atoms with Crippen molar-refractivity contribution in [3.05, 3.63) is 66.7 Å². The summed E-state index contributed by atoms with van der Waals surface area (Å²) in [7, 11) is 1.60. The Morgan fingerprint density at radius 3 is 2.62 bits per heavy atom. The smallest absolute Gasteiger partial charge is 0.251 e. The van der Waals surface area contributed by atoms with Gasteiger partial charge in [-0.1, -0.05) is 6.07 Å². The van der Waals surface area contributed by atoms with Crippen molar-refractivity contribution in [3.63, 3.8) is 0 Å². The van der Waals surface area contributed by atoms with Gasteiger partial charge in [0.1, 0.15) is 12.1 Å². The molecule has 1 amide bonds. The number of aromatic nitrogens is 5. The Morgan fingerprint density at radius 2 is 1.88 bits per heavy atom. The van der Waals surface area contributed by atoms with Crippen molar-refractivity contribution in [1.29, 1.82) is 0 Å². The zero-order valence-corrected chi connectivity index (χ0v) is 13.9. The number of anilines is 2. The van der Waals surface area contributed by atoms with Gasteiger partial charge >= 0.3 is 0 Å². The largest absolute Gasteiger partial charge is 0.355 e. The van der Waals surface area contributed by atoms with Crippen molar-refractivity contribution in [2.75, 3.05) is 12.4 Å². The second-order valence-electron chi connectivity index (χ2n) is 5.49. The zero-order valence-electron chi connectivity index (χ0n) is 13.9. The van der Waals surface area contributed by atoms with Gasteiger partial charge in [-0.25, -0.2) is 15.0 Å². The van der Waals surface area contributed by atoms with Crippen LogP contribution >= 0.6 is 0 Å². The summed E-state index contributed by atoms with van der Waals surface area (Å²) in [6.07, 6.45) is 4.88. The molecule has 0 spiro atoms. The number of carbonyl (C=O) groups is 1. The fourth-order valence-corrected chi connectivity index (χ4v) is 2.58. The minimum Gasteiger partial charge on any atom is -0.355 e. The van der Waals surface area contributed by atoms with E-state index >= 15 is 0 Å². The molecule has 4 rings (SSSR count). The number of pyridine rings is 1. The molecule has 26 heavy (non-hydrogen) atoms. The van der Waals surface area contributed by atoms with Gasteiger partial charge in [-0.2, -0.15) is 9.78 Å². The van der Waals surface area contributed by atoms with Crippen LogP contribution in [0.3, 0.4) is 0 Å². The van der Waals surface area contributed by atoms with Crippen LogP contribution in [0.5, 0.6) is 0 Å². The van der Waals surface area contributed by atoms with Crippen LogP contribution in [0.4, 0.5) is 11.5 Å². The molecule has 0 saturated carbocycles. The average molecular weight is 345 g/mol. The minimum atomic E-state index is -0.127. The lowest BCUT2D eigenvalue weighted by Crippen LogP contribution is -2.17. The molecule has 8 nitrogen and oxygen atoms in total. The van der Waals surface area contributed by atoms with Gasteiger partial charge < -0.3 is 10.6 Å². The van der Waals surface area contributed by atoms with Gasteiger partial charge in [-0.15, -0.1) is 0 Å². The molecule has 0 aliphatic carbocycles. The number of rotatable bonds is 4. The molecular formula is C18H15N7O. The van der Waals surface area contributed by atoms with Gasteiger partial charge in [-0.05, 0) is 36.4 Å². The average Bonchev–Trinajstić information content (AvgIpc) is 3.14. The molecule has 0 aliphatic heterocycles. The Bertz CT molecular complexity index is 1060. The maximum absolute atomic E-state index is 11.6. The normalized spacial score (nSPS) is 10.7. The highest BCUT2D eigenvalue weighted by Gasteiger charge is 2.12. The monoisotopic (exact) mass is 345 g/mol. The number of nitrogens with one attached hydrogen (secondary N) is 2. The van der Waals surface area contributed by atoms with E-state index in [9.17, 15) is 4.79 Å². The van der Waals surface area contributed by atoms with E-state index in [1.807, 2.05) is 30.3 Å². The molecule has 0 radical (unpaired) electrons. The molecule has 2 N–H and O–H groups in total. The standard InChI is InChI=1S/C18H15N7O/c1-19-18(26)12-5-7-13(8-6-12)24-16-14-10-23-25(17(14)22-11-21-16)15-4-2-3-9-20-15/h2-11H,1H3,(H,19,26)(H,21,22,24). The van der Waals surface area contributed by atoms with Crippen molar-refractivity contribution in [3.8, 4) is 5.82 Å². The first-order valence-electron chi connectivity index (χ1n) is 7.95. The summed E-state index contributed by atoms with van der Waals surface area (Å²) < 4.78 is 1.66. The molecule has 0 fully saturated rings. The molecule has 0 unspecified atom stereocenters. The second-order valence-corrected chi connectivity index (χ2v) is 5.49. The number of benzene rings is 1. The Balaban J connectivity index is 1.67. The van der Waals surface area contributed by atoms with E-state index in [0.29, 0.717) is 22.8 Å².